The SMILES string of the molecule is CC1(C(=O)O)CCCCN1C(=O)C1(CNC(=O)OCC2c3ccccc3-c3ccccc32)CCC1. The first-order chi connectivity index (χ1) is 16.9. The molecule has 0 spiro atoms. The summed E-state index contributed by atoms with van der Waals surface area (Å²) in [4.78, 5) is 39.8. The second-order valence-corrected chi connectivity index (χ2v) is 10.3. The molecule has 0 bridgehead atoms. The number of nitrogens with zero attached hydrogens (tertiary/aromatic N) is 1. The average Bonchev–Trinajstić information content (AvgIpc) is 3.16. The lowest BCUT2D eigenvalue weighted by molar-refractivity contribution is -0.169. The van der Waals surface area contributed by atoms with Crippen LogP contribution in [-0.2, 0) is 14.3 Å². The zero-order valence-electron chi connectivity index (χ0n) is 20.1. The number of rotatable bonds is 6. The molecule has 7 heteroatoms. The number of likely N-dealkylation sites (tertiary alicyclic amines) is 1. The van der Waals surface area contributed by atoms with Gasteiger partial charge in [-0.2, -0.15) is 0 Å². The first kappa shape index (κ1) is 23.4. The molecule has 7 nitrogen and oxygen atoms in total. The Bertz CT molecular complexity index is 1110. The fourth-order valence-corrected chi connectivity index (χ4v) is 5.92. The summed E-state index contributed by atoms with van der Waals surface area (Å²) in [6, 6.07) is 16.3. The van der Waals surface area contributed by atoms with E-state index in [2.05, 4.69) is 29.6 Å². The molecule has 3 aliphatic rings. The van der Waals surface area contributed by atoms with Crippen LogP contribution in [0.1, 0.15) is 62.5 Å². The number of aliphatic carboxylic acids is 1. The number of hydrogen-bond donors (Lipinski definition) is 2. The number of amides is 2. The predicted octanol–water partition coefficient (Wildman–Crippen LogP) is 4.55. The number of ether oxygens (including phenoxy) is 1. The van der Waals surface area contributed by atoms with E-state index in [0.717, 1.165) is 30.4 Å². The Morgan fingerprint density at radius 3 is 2.17 bits per heavy atom. The molecule has 2 N–H and O–H groups in total. The maximum atomic E-state index is 13.5. The van der Waals surface area contributed by atoms with Crippen LogP contribution in [0, 0.1) is 5.41 Å². The molecule has 35 heavy (non-hydrogen) atoms. The first-order valence-corrected chi connectivity index (χ1v) is 12.5. The van der Waals surface area contributed by atoms with Crippen LogP contribution < -0.4 is 5.32 Å². The van der Waals surface area contributed by atoms with Gasteiger partial charge in [0.05, 0.1) is 5.41 Å². The van der Waals surface area contributed by atoms with Crippen LogP contribution in [0.5, 0.6) is 0 Å². The lowest BCUT2D eigenvalue weighted by Gasteiger charge is -2.49. The van der Waals surface area contributed by atoms with Gasteiger partial charge in [-0.05, 0) is 61.3 Å². The fourth-order valence-electron chi connectivity index (χ4n) is 5.92. The zero-order chi connectivity index (χ0) is 24.6. The highest BCUT2D eigenvalue weighted by Crippen LogP contribution is 2.46. The third-order valence-corrected chi connectivity index (χ3v) is 8.28. The van der Waals surface area contributed by atoms with Crippen LogP contribution in [0.3, 0.4) is 0 Å². The van der Waals surface area contributed by atoms with Crippen molar-refractivity contribution in [3.63, 3.8) is 0 Å². The molecule has 1 atom stereocenters. The number of fused-ring (bicyclic) bond motifs is 3. The highest BCUT2D eigenvalue weighted by Gasteiger charge is 2.53. The summed E-state index contributed by atoms with van der Waals surface area (Å²) in [5, 5.41) is 12.6. The zero-order valence-corrected chi connectivity index (χ0v) is 20.1. The molecule has 1 saturated carbocycles. The number of carbonyl (C=O) groups is 3. The van der Waals surface area contributed by atoms with Crippen LogP contribution in [0.25, 0.3) is 11.1 Å². The lowest BCUT2D eigenvalue weighted by Crippen LogP contribution is -2.63. The van der Waals surface area contributed by atoms with Gasteiger partial charge in [-0.3, -0.25) is 4.79 Å². The number of alkyl carbamates (subject to hydrolysis) is 1. The molecule has 0 aromatic heterocycles. The van der Waals surface area contributed by atoms with Gasteiger partial charge in [-0.1, -0.05) is 55.0 Å². The van der Waals surface area contributed by atoms with Crippen molar-refractivity contribution in [2.24, 2.45) is 5.41 Å². The number of carboxylic acid groups (broad SMARTS) is 1. The normalized spacial score (nSPS) is 22.5. The van der Waals surface area contributed by atoms with Crippen molar-refractivity contribution in [2.75, 3.05) is 19.7 Å². The molecule has 5 rings (SSSR count). The van der Waals surface area contributed by atoms with Gasteiger partial charge >= 0.3 is 12.1 Å². The Morgan fingerprint density at radius 1 is 0.971 bits per heavy atom. The number of hydrogen-bond acceptors (Lipinski definition) is 4. The van der Waals surface area contributed by atoms with E-state index in [1.165, 1.54) is 16.0 Å². The van der Waals surface area contributed by atoms with Gasteiger partial charge in [-0.25, -0.2) is 9.59 Å². The predicted molar refractivity (Wildman–Crippen MR) is 131 cm³/mol. The van der Waals surface area contributed by atoms with Gasteiger partial charge in [0.15, 0.2) is 0 Å². The van der Waals surface area contributed by atoms with Crippen LogP contribution in [-0.4, -0.2) is 53.2 Å². The Labute approximate surface area is 205 Å². The van der Waals surface area contributed by atoms with Crippen LogP contribution in [0.15, 0.2) is 48.5 Å². The van der Waals surface area contributed by atoms with E-state index in [1.54, 1.807) is 6.92 Å². The second kappa shape index (κ2) is 9.02. The number of piperidine rings is 1. The molecule has 2 aromatic carbocycles. The smallest absolute Gasteiger partial charge is 0.407 e. The molecule has 1 heterocycles. The highest BCUT2D eigenvalue weighted by molar-refractivity contribution is 5.91. The van der Waals surface area contributed by atoms with Gasteiger partial charge in [0.1, 0.15) is 12.1 Å². The Hall–Kier alpha value is -3.35. The minimum atomic E-state index is -1.19. The van der Waals surface area contributed by atoms with Crippen LogP contribution >= 0.6 is 0 Å². The van der Waals surface area contributed by atoms with Gasteiger partial charge in [-0.15, -0.1) is 0 Å². The second-order valence-electron chi connectivity index (χ2n) is 10.3. The first-order valence-electron chi connectivity index (χ1n) is 12.5. The Morgan fingerprint density at radius 2 is 1.60 bits per heavy atom. The molecule has 2 amide bonds. The minimum Gasteiger partial charge on any atom is -0.480 e. The Kier molecular flexibility index (Phi) is 6.03. The summed E-state index contributed by atoms with van der Waals surface area (Å²) in [6.45, 7) is 2.45. The largest absolute Gasteiger partial charge is 0.480 e. The molecule has 1 unspecified atom stereocenters. The van der Waals surface area contributed by atoms with E-state index >= 15 is 0 Å². The summed E-state index contributed by atoms with van der Waals surface area (Å²) in [5.41, 5.74) is 2.68. The molecule has 184 valence electrons. The number of benzene rings is 2. The maximum Gasteiger partial charge on any atom is 0.407 e. The molecular weight excluding hydrogens is 444 g/mol. The molecule has 2 aliphatic carbocycles. The fraction of sp³-hybridized carbons (Fsp3) is 0.464. The standard InChI is InChI=1S/C28H32N2O5/c1-27(25(32)33)13-6-7-16-30(27)24(31)28(14-8-15-28)18-29-26(34)35-17-23-21-11-4-2-9-19(21)20-10-3-5-12-22(20)23/h2-5,9-12,23H,6-8,13-18H2,1H3,(H,29,34)(H,32,33). The van der Waals surface area contributed by atoms with Crippen LogP contribution in [0.4, 0.5) is 4.79 Å². The molecule has 1 aliphatic heterocycles. The van der Waals surface area contributed by atoms with Crippen molar-refractivity contribution in [1.82, 2.24) is 10.2 Å². The summed E-state index contributed by atoms with van der Waals surface area (Å²) < 4.78 is 5.64. The van der Waals surface area contributed by atoms with E-state index in [1.807, 2.05) is 24.3 Å². The maximum absolute atomic E-state index is 13.5. The number of carbonyl (C=O) groups excluding carboxylic acids is 2. The lowest BCUT2D eigenvalue weighted by atomic mass is 9.66. The molecule has 2 fully saturated rings. The monoisotopic (exact) mass is 476 g/mol. The number of carboxylic acids is 1. The number of nitrogens with one attached hydrogen (secondary N) is 1. The van der Waals surface area contributed by atoms with Crippen LogP contribution in [0.2, 0.25) is 0 Å². The quantitative estimate of drug-likeness (QED) is 0.638. The van der Waals surface area contributed by atoms with Crippen molar-refractivity contribution in [2.45, 2.75) is 56.9 Å². The van der Waals surface area contributed by atoms with Gasteiger partial charge < -0.3 is 20.1 Å². The van der Waals surface area contributed by atoms with Gasteiger partial charge in [0, 0.05) is 19.0 Å². The average molecular weight is 477 g/mol. The molecule has 2 aromatic rings. The van der Waals surface area contributed by atoms with Crippen molar-refractivity contribution < 1.29 is 24.2 Å². The van der Waals surface area contributed by atoms with Gasteiger partial charge in [0.2, 0.25) is 5.91 Å². The summed E-state index contributed by atoms with van der Waals surface area (Å²) in [5.74, 6) is -1.16. The Balaban J connectivity index is 1.23. The highest BCUT2D eigenvalue weighted by atomic mass is 16.5. The summed E-state index contributed by atoms with van der Waals surface area (Å²) in [7, 11) is 0. The third-order valence-electron chi connectivity index (χ3n) is 8.28. The van der Waals surface area contributed by atoms with Crippen molar-refractivity contribution in [3.05, 3.63) is 59.7 Å². The van der Waals surface area contributed by atoms with E-state index in [9.17, 15) is 19.5 Å². The van der Waals surface area contributed by atoms with Crippen molar-refractivity contribution in [1.29, 1.82) is 0 Å². The van der Waals surface area contributed by atoms with Crippen molar-refractivity contribution >= 4 is 18.0 Å². The van der Waals surface area contributed by atoms with E-state index < -0.39 is 23.0 Å². The van der Waals surface area contributed by atoms with E-state index in [-0.39, 0.29) is 25.0 Å². The molecular formula is C28H32N2O5. The minimum absolute atomic E-state index is 0.0305. The van der Waals surface area contributed by atoms with E-state index in [4.69, 9.17) is 4.74 Å². The van der Waals surface area contributed by atoms with Crippen molar-refractivity contribution in [3.8, 4) is 11.1 Å². The van der Waals surface area contributed by atoms with E-state index in [0.29, 0.717) is 25.8 Å². The third kappa shape index (κ3) is 3.97. The molecule has 0 radical (unpaired) electrons. The molecule has 1 saturated heterocycles. The summed E-state index contributed by atoms with van der Waals surface area (Å²) >= 11 is 0. The topological polar surface area (TPSA) is 95.9 Å². The summed E-state index contributed by atoms with van der Waals surface area (Å²) in [6.07, 6.45) is 3.65. The van der Waals surface area contributed by atoms with Gasteiger partial charge in [0.25, 0.3) is 0 Å².